The van der Waals surface area contributed by atoms with E-state index in [1.54, 1.807) is 26.8 Å². The molecule has 1 heterocycles. The first-order valence-corrected chi connectivity index (χ1v) is 12.0. The summed E-state index contributed by atoms with van der Waals surface area (Å²) in [4.78, 5) is 36.1. The number of piperidine rings is 1. The summed E-state index contributed by atoms with van der Waals surface area (Å²) in [6.07, 6.45) is 5.95. The van der Waals surface area contributed by atoms with Gasteiger partial charge >= 0.3 is 6.09 Å². The van der Waals surface area contributed by atoms with Crippen molar-refractivity contribution in [2.24, 2.45) is 11.7 Å². The van der Waals surface area contributed by atoms with Crippen molar-refractivity contribution < 1.29 is 19.1 Å². The molecular formula is C26H40N4O4. The van der Waals surface area contributed by atoms with E-state index in [2.05, 4.69) is 28.1 Å². The Hall–Kier alpha value is -2.87. The molecule has 8 heteroatoms. The molecule has 0 saturated carbocycles. The zero-order chi connectivity index (χ0) is 25.1. The zero-order valence-electron chi connectivity index (χ0n) is 20.9. The molecule has 8 nitrogen and oxygen atoms in total. The molecule has 0 spiro atoms. The second kappa shape index (κ2) is 13.1. The minimum Gasteiger partial charge on any atom is -0.444 e. The van der Waals surface area contributed by atoms with Gasteiger partial charge in [-0.1, -0.05) is 43.3 Å². The van der Waals surface area contributed by atoms with Gasteiger partial charge in [-0.05, 0) is 69.7 Å². The molecule has 1 aromatic rings. The van der Waals surface area contributed by atoms with Crippen molar-refractivity contribution in [1.82, 2.24) is 16.0 Å². The number of hydrogen-bond acceptors (Lipinski definition) is 5. The van der Waals surface area contributed by atoms with Crippen LogP contribution in [0, 0.1) is 5.92 Å². The van der Waals surface area contributed by atoms with Crippen molar-refractivity contribution >= 4 is 17.9 Å². The average Bonchev–Trinajstić information content (AvgIpc) is 2.76. The van der Waals surface area contributed by atoms with Crippen molar-refractivity contribution in [3.63, 3.8) is 0 Å². The van der Waals surface area contributed by atoms with Gasteiger partial charge in [0.25, 0.3) is 0 Å². The van der Waals surface area contributed by atoms with Gasteiger partial charge in [-0.2, -0.15) is 0 Å². The van der Waals surface area contributed by atoms with Gasteiger partial charge in [0.2, 0.25) is 11.8 Å². The molecule has 3 amide bonds. The number of allylic oxidation sites excluding steroid dienone is 1. The van der Waals surface area contributed by atoms with Crippen LogP contribution in [0.1, 0.15) is 64.0 Å². The summed E-state index contributed by atoms with van der Waals surface area (Å²) in [5.74, 6) is -0.304. The maximum atomic E-state index is 12.5. The molecule has 2 rings (SSSR count). The van der Waals surface area contributed by atoms with Gasteiger partial charge in [-0.25, -0.2) is 4.79 Å². The van der Waals surface area contributed by atoms with Crippen molar-refractivity contribution in [3.8, 4) is 0 Å². The summed E-state index contributed by atoms with van der Waals surface area (Å²) in [7, 11) is 0. The van der Waals surface area contributed by atoms with Gasteiger partial charge in [0.15, 0.2) is 0 Å². The fourth-order valence-corrected chi connectivity index (χ4v) is 3.91. The average molecular weight is 473 g/mol. The summed E-state index contributed by atoms with van der Waals surface area (Å²) in [5.41, 5.74) is 7.28. The predicted octanol–water partition coefficient (Wildman–Crippen LogP) is 2.77. The normalized spacial score (nSPS) is 16.6. The summed E-state index contributed by atoms with van der Waals surface area (Å²) in [6, 6.07) is 7.50. The molecule has 5 N–H and O–H groups in total. The minimum atomic E-state index is -0.762. The number of rotatable bonds is 10. The third-order valence-corrected chi connectivity index (χ3v) is 5.64. The van der Waals surface area contributed by atoms with E-state index >= 15 is 0 Å². The number of nitrogens with one attached hydrogen (secondary N) is 3. The first-order chi connectivity index (χ1) is 16.0. The lowest BCUT2D eigenvalue weighted by Gasteiger charge is -2.23. The molecule has 34 heavy (non-hydrogen) atoms. The fraction of sp³-hybridized carbons (Fsp3) is 0.577. The van der Waals surface area contributed by atoms with E-state index in [0.29, 0.717) is 18.9 Å². The highest BCUT2D eigenvalue weighted by atomic mass is 16.6. The van der Waals surface area contributed by atoms with Crippen molar-refractivity contribution in [2.45, 2.75) is 70.9 Å². The molecule has 1 fully saturated rings. The van der Waals surface area contributed by atoms with Crippen LogP contribution in [-0.2, 0) is 20.7 Å². The number of primary amides is 1. The van der Waals surface area contributed by atoms with Gasteiger partial charge in [0.05, 0.1) is 0 Å². The van der Waals surface area contributed by atoms with Crippen molar-refractivity contribution in [2.75, 3.05) is 19.6 Å². The standard InChI is InChI=1S/C26H40N4O4/c1-18(6-5-13-29-25(33)34-26(2,3)4)16-23(31)30-22(24(27)32)17-19-7-9-20(10-8-19)21-11-14-28-15-12-21/h5-10,18,21-22,28H,11-17H2,1-4H3,(H2,27,32)(H,29,33)(H,30,31)/b6-5-/t18-,22?/m1/s1. The van der Waals surface area contributed by atoms with Gasteiger partial charge in [-0.15, -0.1) is 0 Å². The van der Waals surface area contributed by atoms with E-state index in [0.717, 1.165) is 31.5 Å². The second-order valence-corrected chi connectivity index (χ2v) is 9.98. The smallest absolute Gasteiger partial charge is 0.407 e. The Morgan fingerprint density at radius 2 is 1.82 bits per heavy atom. The molecule has 0 aliphatic carbocycles. The quantitative estimate of drug-likeness (QED) is 0.390. The maximum absolute atomic E-state index is 12.5. The molecule has 1 aliphatic rings. The SMILES string of the molecule is C[C@H](/C=C\CNC(=O)OC(C)(C)C)CC(=O)NC(Cc1ccc(C2CCNCC2)cc1)C(N)=O. The number of benzene rings is 1. The molecule has 0 aromatic heterocycles. The highest BCUT2D eigenvalue weighted by Crippen LogP contribution is 2.25. The monoisotopic (exact) mass is 472 g/mol. The van der Waals surface area contributed by atoms with E-state index in [-0.39, 0.29) is 18.2 Å². The Morgan fingerprint density at radius 3 is 2.41 bits per heavy atom. The van der Waals surface area contributed by atoms with E-state index in [1.165, 1.54) is 5.56 Å². The lowest BCUT2D eigenvalue weighted by Crippen LogP contribution is -2.46. The lowest BCUT2D eigenvalue weighted by atomic mass is 9.89. The van der Waals surface area contributed by atoms with Crippen LogP contribution in [0.3, 0.4) is 0 Å². The number of amides is 3. The van der Waals surface area contributed by atoms with Crippen molar-refractivity contribution in [1.29, 1.82) is 0 Å². The molecule has 1 unspecified atom stereocenters. The van der Waals surface area contributed by atoms with Gasteiger partial charge in [-0.3, -0.25) is 9.59 Å². The van der Waals surface area contributed by atoms with E-state index in [9.17, 15) is 14.4 Å². The Morgan fingerprint density at radius 1 is 1.18 bits per heavy atom. The highest BCUT2D eigenvalue weighted by molar-refractivity contribution is 5.86. The molecule has 1 saturated heterocycles. The Balaban J connectivity index is 1.79. The van der Waals surface area contributed by atoms with Crippen LogP contribution < -0.4 is 21.7 Å². The number of nitrogens with two attached hydrogens (primary N) is 1. The topological polar surface area (TPSA) is 123 Å². The first kappa shape index (κ1) is 27.4. The third kappa shape index (κ3) is 10.4. The Bertz CT molecular complexity index is 839. The molecule has 0 radical (unpaired) electrons. The maximum Gasteiger partial charge on any atom is 0.407 e. The summed E-state index contributed by atoms with van der Waals surface area (Å²) < 4.78 is 5.17. The molecule has 1 aliphatic heterocycles. The summed E-state index contributed by atoms with van der Waals surface area (Å²) in [6.45, 7) is 9.67. The number of carbonyl (C=O) groups is 3. The minimum absolute atomic E-state index is 0.0711. The number of ether oxygens (including phenoxy) is 1. The van der Waals surface area contributed by atoms with Crippen LogP contribution in [0.2, 0.25) is 0 Å². The second-order valence-electron chi connectivity index (χ2n) is 9.98. The van der Waals surface area contributed by atoms with E-state index in [1.807, 2.05) is 25.1 Å². The molecule has 2 atom stereocenters. The number of alkyl carbamates (subject to hydrolysis) is 1. The molecule has 1 aromatic carbocycles. The van der Waals surface area contributed by atoms with Crippen LogP contribution in [0.5, 0.6) is 0 Å². The van der Waals surface area contributed by atoms with Crippen LogP contribution >= 0.6 is 0 Å². The number of carbonyl (C=O) groups excluding carboxylic acids is 3. The summed E-state index contributed by atoms with van der Waals surface area (Å²) in [5, 5.41) is 8.77. The lowest BCUT2D eigenvalue weighted by molar-refractivity contribution is -0.127. The van der Waals surface area contributed by atoms with Crippen LogP contribution in [0.4, 0.5) is 4.79 Å². The van der Waals surface area contributed by atoms with Crippen molar-refractivity contribution in [3.05, 3.63) is 47.5 Å². The van der Waals surface area contributed by atoms with Gasteiger partial charge in [0.1, 0.15) is 11.6 Å². The van der Waals surface area contributed by atoms with Crippen LogP contribution in [0.15, 0.2) is 36.4 Å². The Labute approximate surface area is 203 Å². The summed E-state index contributed by atoms with van der Waals surface area (Å²) >= 11 is 0. The van der Waals surface area contributed by atoms with Crippen LogP contribution in [-0.4, -0.2) is 49.2 Å². The molecule has 188 valence electrons. The van der Waals surface area contributed by atoms with Gasteiger partial charge < -0.3 is 26.4 Å². The molecular weight excluding hydrogens is 432 g/mol. The van der Waals surface area contributed by atoms with E-state index in [4.69, 9.17) is 10.5 Å². The van der Waals surface area contributed by atoms with E-state index < -0.39 is 23.6 Å². The van der Waals surface area contributed by atoms with Crippen LogP contribution in [0.25, 0.3) is 0 Å². The number of hydrogen-bond donors (Lipinski definition) is 4. The Kier molecular flexibility index (Phi) is 10.6. The fourth-order valence-electron chi connectivity index (χ4n) is 3.91. The molecule has 0 bridgehead atoms. The first-order valence-electron chi connectivity index (χ1n) is 12.0. The third-order valence-electron chi connectivity index (χ3n) is 5.64. The predicted molar refractivity (Wildman–Crippen MR) is 133 cm³/mol. The van der Waals surface area contributed by atoms with Gasteiger partial charge in [0, 0.05) is 19.4 Å². The zero-order valence-corrected chi connectivity index (χ0v) is 20.9. The largest absolute Gasteiger partial charge is 0.444 e. The highest BCUT2D eigenvalue weighted by Gasteiger charge is 2.20.